The van der Waals surface area contributed by atoms with E-state index in [1.807, 2.05) is 13.8 Å². The summed E-state index contributed by atoms with van der Waals surface area (Å²) in [7, 11) is 0. The predicted octanol–water partition coefficient (Wildman–Crippen LogP) is 2.07. The van der Waals surface area contributed by atoms with Gasteiger partial charge in [-0.15, -0.1) is 0 Å². The van der Waals surface area contributed by atoms with Gasteiger partial charge >= 0.3 is 0 Å². The van der Waals surface area contributed by atoms with Crippen LogP contribution in [0.2, 0.25) is 0 Å². The fraction of sp³-hybridized carbons (Fsp3) is 0.933. The van der Waals surface area contributed by atoms with Crippen molar-refractivity contribution in [3.8, 4) is 0 Å². The van der Waals surface area contributed by atoms with Gasteiger partial charge in [0.2, 0.25) is 5.91 Å². The van der Waals surface area contributed by atoms with Gasteiger partial charge in [-0.3, -0.25) is 4.79 Å². The Bertz CT molecular complexity index is 303. The average Bonchev–Trinajstić information content (AvgIpc) is 2.35. The summed E-state index contributed by atoms with van der Waals surface area (Å²) in [5, 5.41) is 3.06. The first-order valence-electron chi connectivity index (χ1n) is 7.48. The average molecular weight is 270 g/mol. The molecule has 0 bridgehead atoms. The van der Waals surface area contributed by atoms with Crippen molar-refractivity contribution in [3.05, 3.63) is 0 Å². The molecule has 3 N–H and O–H groups in total. The molecule has 0 radical (unpaired) electrons. The first-order valence-corrected chi connectivity index (χ1v) is 7.48. The molecule has 0 heterocycles. The summed E-state index contributed by atoms with van der Waals surface area (Å²) in [5.41, 5.74) is 5.87. The predicted molar refractivity (Wildman–Crippen MR) is 77.8 cm³/mol. The smallest absolute Gasteiger partial charge is 0.237 e. The molecule has 19 heavy (non-hydrogen) atoms. The molecule has 1 saturated carbocycles. The Balaban J connectivity index is 2.40. The molecule has 1 fully saturated rings. The summed E-state index contributed by atoms with van der Waals surface area (Å²) in [4.78, 5) is 12.0. The number of ether oxygens (including phenoxy) is 1. The van der Waals surface area contributed by atoms with Gasteiger partial charge in [0.15, 0.2) is 0 Å². The lowest BCUT2D eigenvalue weighted by Gasteiger charge is -2.52. The quantitative estimate of drug-likeness (QED) is 0.696. The van der Waals surface area contributed by atoms with E-state index >= 15 is 0 Å². The molecule has 0 aromatic heterocycles. The molecule has 0 spiro atoms. The Hall–Kier alpha value is -0.610. The van der Waals surface area contributed by atoms with Gasteiger partial charge in [-0.2, -0.15) is 0 Å². The number of hydrogen-bond donors (Lipinski definition) is 2. The lowest BCUT2D eigenvalue weighted by atomic mass is 9.64. The standard InChI is InChI=1S/C15H30N2O2/c1-6-7-8-19-12-9-11(15(12,4)5)17-14(18)13(16)10(2)3/h10-13H,6-9,16H2,1-5H3,(H,17,18)/t11?,12?,13-/m0/s1. The van der Waals surface area contributed by atoms with Gasteiger partial charge in [0.1, 0.15) is 0 Å². The molecule has 112 valence electrons. The molecular weight excluding hydrogens is 240 g/mol. The summed E-state index contributed by atoms with van der Waals surface area (Å²) >= 11 is 0. The van der Waals surface area contributed by atoms with Crippen LogP contribution in [0.3, 0.4) is 0 Å². The van der Waals surface area contributed by atoms with E-state index in [1.165, 1.54) is 0 Å². The third-order valence-corrected chi connectivity index (χ3v) is 4.33. The highest BCUT2D eigenvalue weighted by Gasteiger charge is 2.49. The molecule has 4 nitrogen and oxygen atoms in total. The van der Waals surface area contributed by atoms with Crippen molar-refractivity contribution in [3.63, 3.8) is 0 Å². The van der Waals surface area contributed by atoms with Crippen molar-refractivity contribution in [1.82, 2.24) is 5.32 Å². The molecule has 0 aromatic rings. The number of carbonyl (C=O) groups is 1. The van der Waals surface area contributed by atoms with Crippen LogP contribution in [0.25, 0.3) is 0 Å². The highest BCUT2D eigenvalue weighted by molar-refractivity contribution is 5.82. The fourth-order valence-electron chi connectivity index (χ4n) is 2.35. The third-order valence-electron chi connectivity index (χ3n) is 4.33. The maximum atomic E-state index is 12.0. The molecule has 0 aromatic carbocycles. The van der Waals surface area contributed by atoms with Crippen LogP contribution in [-0.4, -0.2) is 30.7 Å². The van der Waals surface area contributed by atoms with Crippen LogP contribution in [0.1, 0.15) is 53.9 Å². The zero-order valence-electron chi connectivity index (χ0n) is 13.0. The van der Waals surface area contributed by atoms with E-state index in [1.54, 1.807) is 0 Å². The van der Waals surface area contributed by atoms with Crippen LogP contribution >= 0.6 is 0 Å². The van der Waals surface area contributed by atoms with Crippen LogP contribution in [0.5, 0.6) is 0 Å². The number of rotatable bonds is 7. The fourth-order valence-corrected chi connectivity index (χ4v) is 2.35. The number of nitrogens with one attached hydrogen (secondary N) is 1. The minimum absolute atomic E-state index is 0.000100. The summed E-state index contributed by atoms with van der Waals surface area (Å²) in [5.74, 6) is 0.125. The van der Waals surface area contributed by atoms with E-state index in [-0.39, 0.29) is 29.4 Å². The van der Waals surface area contributed by atoms with Crippen molar-refractivity contribution < 1.29 is 9.53 Å². The van der Waals surface area contributed by atoms with E-state index in [0.717, 1.165) is 25.9 Å². The summed E-state index contributed by atoms with van der Waals surface area (Å²) in [6, 6.07) is -0.243. The first-order chi connectivity index (χ1) is 8.80. The van der Waals surface area contributed by atoms with Crippen LogP contribution in [0.4, 0.5) is 0 Å². The Morgan fingerprint density at radius 3 is 2.58 bits per heavy atom. The monoisotopic (exact) mass is 270 g/mol. The summed E-state index contributed by atoms with van der Waals surface area (Å²) in [6.07, 6.45) is 3.39. The Kier molecular flexibility index (Phi) is 5.81. The highest BCUT2D eigenvalue weighted by Crippen LogP contribution is 2.42. The number of unbranched alkanes of at least 4 members (excludes halogenated alkanes) is 1. The van der Waals surface area contributed by atoms with Crippen LogP contribution in [-0.2, 0) is 9.53 Å². The van der Waals surface area contributed by atoms with Gasteiger partial charge < -0.3 is 15.8 Å². The maximum Gasteiger partial charge on any atom is 0.237 e. The molecule has 0 aliphatic heterocycles. The maximum absolute atomic E-state index is 12.0. The lowest BCUT2D eigenvalue weighted by molar-refractivity contribution is -0.139. The molecule has 3 atom stereocenters. The van der Waals surface area contributed by atoms with E-state index in [4.69, 9.17) is 10.5 Å². The molecule has 4 heteroatoms. The van der Waals surface area contributed by atoms with Gasteiger partial charge in [0.05, 0.1) is 12.1 Å². The zero-order valence-corrected chi connectivity index (χ0v) is 13.0. The molecule has 0 saturated heterocycles. The highest BCUT2D eigenvalue weighted by atomic mass is 16.5. The van der Waals surface area contributed by atoms with Crippen molar-refractivity contribution in [2.45, 2.75) is 72.1 Å². The minimum Gasteiger partial charge on any atom is -0.378 e. The summed E-state index contributed by atoms with van der Waals surface area (Å²) < 4.78 is 5.87. The zero-order chi connectivity index (χ0) is 14.6. The Morgan fingerprint density at radius 2 is 2.11 bits per heavy atom. The molecule has 1 aliphatic carbocycles. The first kappa shape index (κ1) is 16.4. The van der Waals surface area contributed by atoms with Gasteiger partial charge in [-0.1, -0.05) is 41.0 Å². The topological polar surface area (TPSA) is 64.3 Å². The van der Waals surface area contributed by atoms with Gasteiger partial charge in [-0.05, 0) is 18.8 Å². The number of nitrogens with two attached hydrogens (primary N) is 1. The largest absolute Gasteiger partial charge is 0.378 e. The van der Waals surface area contributed by atoms with Gasteiger partial charge in [-0.25, -0.2) is 0 Å². The number of hydrogen-bond acceptors (Lipinski definition) is 3. The van der Waals surface area contributed by atoms with E-state index in [9.17, 15) is 4.79 Å². The van der Waals surface area contributed by atoms with Gasteiger partial charge in [0.25, 0.3) is 0 Å². The number of carbonyl (C=O) groups excluding carboxylic acids is 1. The van der Waals surface area contributed by atoms with Crippen LogP contribution < -0.4 is 11.1 Å². The van der Waals surface area contributed by atoms with Crippen molar-refractivity contribution >= 4 is 5.91 Å². The molecular formula is C15H30N2O2. The van der Waals surface area contributed by atoms with E-state index < -0.39 is 6.04 Å². The summed E-state index contributed by atoms with van der Waals surface area (Å²) in [6.45, 7) is 11.2. The lowest BCUT2D eigenvalue weighted by Crippen LogP contribution is -2.64. The molecule has 2 unspecified atom stereocenters. The second-order valence-corrected chi connectivity index (χ2v) is 6.60. The molecule has 1 aliphatic rings. The van der Waals surface area contributed by atoms with Crippen LogP contribution in [0.15, 0.2) is 0 Å². The molecule has 1 rings (SSSR count). The SMILES string of the molecule is CCCCOC1CC(NC(=O)[C@@H](N)C(C)C)C1(C)C. The van der Waals surface area contributed by atoms with Gasteiger partial charge in [0, 0.05) is 18.1 Å². The van der Waals surface area contributed by atoms with E-state index in [0.29, 0.717) is 0 Å². The normalized spacial score (nSPS) is 26.9. The third kappa shape index (κ3) is 3.93. The van der Waals surface area contributed by atoms with Crippen LogP contribution in [0, 0.1) is 11.3 Å². The second kappa shape index (κ2) is 6.71. The Morgan fingerprint density at radius 1 is 1.47 bits per heavy atom. The number of amides is 1. The van der Waals surface area contributed by atoms with E-state index in [2.05, 4.69) is 26.1 Å². The van der Waals surface area contributed by atoms with Crippen molar-refractivity contribution in [1.29, 1.82) is 0 Å². The minimum atomic E-state index is -0.421. The Labute approximate surface area is 117 Å². The van der Waals surface area contributed by atoms with Crippen molar-refractivity contribution in [2.24, 2.45) is 17.1 Å². The van der Waals surface area contributed by atoms with Crippen molar-refractivity contribution in [2.75, 3.05) is 6.61 Å². The molecule has 1 amide bonds. The second-order valence-electron chi connectivity index (χ2n) is 6.60.